The molecule has 0 aliphatic carbocycles. The summed E-state index contributed by atoms with van der Waals surface area (Å²) in [6.07, 6.45) is 2.31. The van der Waals surface area contributed by atoms with E-state index in [0.717, 1.165) is 55.3 Å². The van der Waals surface area contributed by atoms with Crippen LogP contribution in [0.4, 0.5) is 11.4 Å². The van der Waals surface area contributed by atoms with E-state index < -0.39 is 0 Å². The Labute approximate surface area is 165 Å². The Kier molecular flexibility index (Phi) is 6.63. The van der Waals surface area contributed by atoms with E-state index in [1.165, 1.54) is 5.56 Å². The van der Waals surface area contributed by atoms with Crippen LogP contribution in [-0.4, -0.2) is 42.8 Å². The SMILES string of the molecule is CCN(CC)CCCN1C(=O)CCc2cc(N=C(N)c3cccs3)ccc21. The molecule has 2 N–H and O–H groups in total. The van der Waals surface area contributed by atoms with Crippen LogP contribution in [-0.2, 0) is 11.2 Å². The molecule has 1 aliphatic heterocycles. The molecule has 0 saturated heterocycles. The van der Waals surface area contributed by atoms with E-state index in [2.05, 4.69) is 29.8 Å². The number of hydrogen-bond acceptors (Lipinski definition) is 4. The predicted molar refractivity (Wildman–Crippen MR) is 114 cm³/mol. The maximum absolute atomic E-state index is 12.5. The second kappa shape index (κ2) is 9.15. The number of carbonyl (C=O) groups is 1. The second-order valence-electron chi connectivity index (χ2n) is 6.71. The van der Waals surface area contributed by atoms with E-state index in [0.29, 0.717) is 12.3 Å². The number of fused-ring (bicyclic) bond motifs is 1. The Balaban J connectivity index is 1.74. The van der Waals surface area contributed by atoms with Crippen LogP contribution in [0.5, 0.6) is 0 Å². The van der Waals surface area contributed by atoms with Crippen molar-refractivity contribution in [2.45, 2.75) is 33.1 Å². The molecule has 2 heterocycles. The highest BCUT2D eigenvalue weighted by atomic mass is 32.1. The third-order valence-corrected chi connectivity index (χ3v) is 5.93. The van der Waals surface area contributed by atoms with Crippen molar-refractivity contribution in [1.29, 1.82) is 0 Å². The summed E-state index contributed by atoms with van der Waals surface area (Å²) in [7, 11) is 0. The standard InChI is InChI=1S/C21H28N4OS/c1-3-24(4-2)12-6-13-25-18-10-9-17(15-16(18)8-11-20(25)26)23-21(22)19-7-5-14-27-19/h5,7,9-10,14-15H,3-4,6,8,11-13H2,1-2H3,(H2,22,23). The average Bonchev–Trinajstić information content (AvgIpc) is 3.22. The van der Waals surface area contributed by atoms with Gasteiger partial charge < -0.3 is 15.5 Å². The van der Waals surface area contributed by atoms with E-state index in [-0.39, 0.29) is 5.91 Å². The molecular weight excluding hydrogens is 356 g/mol. The van der Waals surface area contributed by atoms with Gasteiger partial charge in [0.1, 0.15) is 5.84 Å². The minimum atomic E-state index is 0.219. The number of benzene rings is 1. The van der Waals surface area contributed by atoms with Gasteiger partial charge in [-0.15, -0.1) is 11.3 Å². The Hall–Kier alpha value is -2.18. The number of hydrogen-bond donors (Lipinski definition) is 1. The fourth-order valence-electron chi connectivity index (χ4n) is 3.47. The Morgan fingerprint density at radius 1 is 1.26 bits per heavy atom. The molecule has 0 spiro atoms. The first-order chi connectivity index (χ1) is 13.1. The third-order valence-electron chi connectivity index (χ3n) is 5.04. The summed E-state index contributed by atoms with van der Waals surface area (Å²) >= 11 is 1.58. The average molecular weight is 385 g/mol. The molecule has 1 aromatic heterocycles. The molecule has 0 fully saturated rings. The van der Waals surface area contributed by atoms with Gasteiger partial charge in [-0.1, -0.05) is 19.9 Å². The lowest BCUT2D eigenvalue weighted by molar-refractivity contribution is -0.118. The number of aliphatic imine (C=N–C) groups is 1. The number of anilines is 1. The first kappa shape index (κ1) is 19.6. The predicted octanol–water partition coefficient (Wildman–Crippen LogP) is 3.80. The smallest absolute Gasteiger partial charge is 0.227 e. The van der Waals surface area contributed by atoms with Gasteiger partial charge in [-0.25, -0.2) is 4.99 Å². The molecule has 0 unspecified atom stereocenters. The van der Waals surface area contributed by atoms with Crippen LogP contribution in [0.1, 0.15) is 37.1 Å². The number of thiophene rings is 1. The minimum Gasteiger partial charge on any atom is -0.383 e. The van der Waals surface area contributed by atoms with Gasteiger partial charge in [0, 0.05) is 18.7 Å². The van der Waals surface area contributed by atoms with Gasteiger partial charge in [0.05, 0.1) is 10.6 Å². The molecule has 0 saturated carbocycles. The number of amides is 1. The van der Waals surface area contributed by atoms with Gasteiger partial charge in [-0.2, -0.15) is 0 Å². The fraction of sp³-hybridized carbons (Fsp3) is 0.429. The molecule has 5 nitrogen and oxygen atoms in total. The summed E-state index contributed by atoms with van der Waals surface area (Å²) in [5.41, 5.74) is 9.16. The summed E-state index contributed by atoms with van der Waals surface area (Å²) in [6.45, 7) is 8.24. The van der Waals surface area contributed by atoms with Crippen molar-refractivity contribution in [2.24, 2.45) is 10.7 Å². The quantitative estimate of drug-likeness (QED) is 0.556. The number of rotatable bonds is 8. The normalized spacial score (nSPS) is 14.7. The highest BCUT2D eigenvalue weighted by molar-refractivity contribution is 7.12. The van der Waals surface area contributed by atoms with Crippen LogP contribution in [0, 0.1) is 0 Å². The van der Waals surface area contributed by atoms with Gasteiger partial charge >= 0.3 is 0 Å². The number of nitrogens with two attached hydrogens (primary N) is 1. The summed E-state index contributed by atoms with van der Waals surface area (Å²) in [5.74, 6) is 0.754. The lowest BCUT2D eigenvalue weighted by atomic mass is 10.00. The van der Waals surface area contributed by atoms with Crippen LogP contribution < -0.4 is 10.6 Å². The van der Waals surface area contributed by atoms with E-state index in [1.54, 1.807) is 11.3 Å². The Morgan fingerprint density at radius 2 is 2.07 bits per heavy atom. The van der Waals surface area contributed by atoms with Crippen molar-refractivity contribution in [3.8, 4) is 0 Å². The maximum Gasteiger partial charge on any atom is 0.227 e. The monoisotopic (exact) mass is 384 g/mol. The van der Waals surface area contributed by atoms with Crippen molar-refractivity contribution < 1.29 is 4.79 Å². The van der Waals surface area contributed by atoms with E-state index in [4.69, 9.17) is 5.73 Å². The van der Waals surface area contributed by atoms with E-state index in [9.17, 15) is 4.79 Å². The number of carbonyl (C=O) groups excluding carboxylic acids is 1. The molecule has 3 rings (SSSR count). The molecule has 144 valence electrons. The Morgan fingerprint density at radius 3 is 2.78 bits per heavy atom. The summed E-state index contributed by atoms with van der Waals surface area (Å²) in [6, 6.07) is 9.98. The van der Waals surface area contributed by atoms with Crippen LogP contribution in [0.2, 0.25) is 0 Å². The lowest BCUT2D eigenvalue weighted by Gasteiger charge is -2.30. The minimum absolute atomic E-state index is 0.219. The van der Waals surface area contributed by atoms with E-state index in [1.807, 2.05) is 34.5 Å². The molecule has 1 aromatic carbocycles. The second-order valence-corrected chi connectivity index (χ2v) is 7.66. The first-order valence-corrected chi connectivity index (χ1v) is 10.5. The van der Waals surface area contributed by atoms with Crippen molar-refractivity contribution in [3.05, 3.63) is 46.2 Å². The van der Waals surface area contributed by atoms with Crippen LogP contribution in [0.15, 0.2) is 40.7 Å². The number of aryl methyl sites for hydroxylation is 1. The van der Waals surface area contributed by atoms with Crippen LogP contribution in [0.25, 0.3) is 0 Å². The summed E-state index contributed by atoms with van der Waals surface area (Å²) in [5, 5.41) is 1.99. The highest BCUT2D eigenvalue weighted by Crippen LogP contribution is 2.31. The van der Waals surface area contributed by atoms with Gasteiger partial charge in [-0.05, 0) is 67.7 Å². The van der Waals surface area contributed by atoms with Gasteiger partial charge in [-0.3, -0.25) is 4.79 Å². The lowest BCUT2D eigenvalue weighted by Crippen LogP contribution is -2.37. The topological polar surface area (TPSA) is 61.9 Å². The molecule has 0 radical (unpaired) electrons. The van der Waals surface area contributed by atoms with Crippen molar-refractivity contribution in [1.82, 2.24) is 4.90 Å². The van der Waals surface area contributed by atoms with Crippen LogP contribution in [0.3, 0.4) is 0 Å². The molecule has 6 heteroatoms. The van der Waals surface area contributed by atoms with Crippen molar-refractivity contribution in [2.75, 3.05) is 31.1 Å². The van der Waals surface area contributed by atoms with Crippen molar-refractivity contribution in [3.63, 3.8) is 0 Å². The first-order valence-electron chi connectivity index (χ1n) is 9.66. The van der Waals surface area contributed by atoms with Gasteiger partial charge in [0.15, 0.2) is 0 Å². The van der Waals surface area contributed by atoms with Gasteiger partial charge in [0.25, 0.3) is 0 Å². The molecule has 27 heavy (non-hydrogen) atoms. The van der Waals surface area contributed by atoms with Crippen molar-refractivity contribution >= 4 is 34.5 Å². The molecule has 1 amide bonds. The fourth-order valence-corrected chi connectivity index (χ4v) is 4.10. The molecule has 0 bridgehead atoms. The highest BCUT2D eigenvalue weighted by Gasteiger charge is 2.24. The molecule has 0 atom stereocenters. The summed E-state index contributed by atoms with van der Waals surface area (Å²) < 4.78 is 0. The van der Waals surface area contributed by atoms with Crippen LogP contribution >= 0.6 is 11.3 Å². The molecule has 2 aromatic rings. The Bertz CT molecular complexity index is 797. The molecule has 1 aliphatic rings. The zero-order valence-corrected chi connectivity index (χ0v) is 17.0. The molecular formula is C21H28N4OS. The number of amidine groups is 1. The van der Waals surface area contributed by atoms with Gasteiger partial charge in [0.2, 0.25) is 5.91 Å². The zero-order chi connectivity index (χ0) is 19.2. The largest absolute Gasteiger partial charge is 0.383 e. The number of nitrogens with zero attached hydrogens (tertiary/aromatic N) is 3. The third kappa shape index (κ3) is 4.76. The maximum atomic E-state index is 12.5. The van der Waals surface area contributed by atoms with E-state index >= 15 is 0 Å². The zero-order valence-electron chi connectivity index (χ0n) is 16.1. The summed E-state index contributed by atoms with van der Waals surface area (Å²) in [4.78, 5) is 22.3.